The topological polar surface area (TPSA) is 108 Å². The highest BCUT2D eigenvalue weighted by atomic mass is 32.2. The summed E-state index contributed by atoms with van der Waals surface area (Å²) in [5, 5.41) is 8.93. The van der Waals surface area contributed by atoms with Crippen LogP contribution < -0.4 is 0 Å². The predicted molar refractivity (Wildman–Crippen MR) is 91.4 cm³/mol. The van der Waals surface area contributed by atoms with Crippen LogP contribution in [0.4, 0.5) is 0 Å². The third kappa shape index (κ3) is 3.11. The summed E-state index contributed by atoms with van der Waals surface area (Å²) in [6.45, 7) is 0.545. The number of furan rings is 1. The lowest BCUT2D eigenvalue weighted by atomic mass is 9.99. The van der Waals surface area contributed by atoms with Crippen LogP contribution in [0.25, 0.3) is 0 Å². The first-order valence-corrected chi connectivity index (χ1v) is 9.30. The van der Waals surface area contributed by atoms with Gasteiger partial charge in [0.2, 0.25) is 10.0 Å². The minimum absolute atomic E-state index is 0.0529. The molecule has 1 aliphatic rings. The van der Waals surface area contributed by atoms with Gasteiger partial charge >= 0.3 is 5.97 Å². The minimum atomic E-state index is -3.57. The monoisotopic (exact) mass is 378 g/mol. The van der Waals surface area contributed by atoms with E-state index in [2.05, 4.69) is 0 Å². The van der Waals surface area contributed by atoms with E-state index >= 15 is 0 Å². The fourth-order valence-corrected chi connectivity index (χ4v) is 4.09. The number of nitrogens with zero attached hydrogens (tertiary/aromatic N) is 2. The maximum Gasteiger partial charge on any atom is 0.338 e. The molecule has 0 bridgehead atoms. The summed E-state index contributed by atoms with van der Waals surface area (Å²) in [5.41, 5.74) is 1.36. The Morgan fingerprint density at radius 2 is 2.00 bits per heavy atom. The second-order valence-electron chi connectivity index (χ2n) is 6.16. The molecule has 138 valence electrons. The van der Waals surface area contributed by atoms with Gasteiger partial charge in [-0.15, -0.1) is 0 Å². The molecule has 8 nitrogen and oxygen atoms in total. The molecule has 1 aromatic heterocycles. The van der Waals surface area contributed by atoms with Gasteiger partial charge in [0.25, 0.3) is 5.91 Å². The molecular weight excluding hydrogens is 360 g/mol. The maximum atomic E-state index is 12.5. The van der Waals surface area contributed by atoms with Gasteiger partial charge in [-0.1, -0.05) is 12.1 Å². The predicted octanol–water partition coefficient (Wildman–Crippen LogP) is 1.43. The van der Waals surface area contributed by atoms with Gasteiger partial charge in [0.1, 0.15) is 6.26 Å². The van der Waals surface area contributed by atoms with E-state index in [0.29, 0.717) is 18.5 Å². The number of carboxylic acid groups (broad SMARTS) is 1. The molecule has 0 radical (unpaired) electrons. The summed E-state index contributed by atoms with van der Waals surface area (Å²) in [6, 6.07) is 6.19. The molecule has 1 amide bonds. The van der Waals surface area contributed by atoms with Crippen LogP contribution in [0, 0.1) is 0 Å². The number of carbonyl (C=O) groups excluding carboxylic acids is 1. The molecule has 1 aromatic carbocycles. The number of hydrogen-bond acceptors (Lipinski definition) is 5. The number of hydrogen-bond donors (Lipinski definition) is 1. The fraction of sp³-hybridized carbons (Fsp3) is 0.294. The van der Waals surface area contributed by atoms with E-state index in [4.69, 9.17) is 9.52 Å². The summed E-state index contributed by atoms with van der Waals surface area (Å²) in [6.07, 6.45) is 1.41. The van der Waals surface area contributed by atoms with Crippen molar-refractivity contribution in [1.29, 1.82) is 0 Å². The van der Waals surface area contributed by atoms with Crippen LogP contribution in [0.1, 0.15) is 32.0 Å². The molecule has 9 heteroatoms. The summed E-state index contributed by atoms with van der Waals surface area (Å²) in [5.74, 6) is -1.65. The molecule has 2 aromatic rings. The molecule has 3 rings (SSSR count). The number of fused-ring (bicyclic) bond motifs is 1. The quantitative estimate of drug-likeness (QED) is 0.862. The number of carboxylic acids is 1. The Labute approximate surface area is 150 Å². The van der Waals surface area contributed by atoms with E-state index in [9.17, 15) is 18.0 Å². The van der Waals surface area contributed by atoms with Gasteiger partial charge in [0, 0.05) is 33.3 Å². The van der Waals surface area contributed by atoms with Crippen molar-refractivity contribution < 1.29 is 27.5 Å². The standard InChI is InChI=1S/C17H18N2O6S/c1-18(2)26(23,24)15-5-3-4-11-9-19(7-6-13(11)15)16(20)14-8-12(10-25-14)17(21)22/h3-5,8,10H,6-7,9H2,1-2H3,(H,21,22). The molecule has 0 saturated carbocycles. The van der Waals surface area contributed by atoms with Gasteiger partial charge in [-0.2, -0.15) is 0 Å². The lowest BCUT2D eigenvalue weighted by molar-refractivity contribution is 0.0690. The Kier molecular flexibility index (Phi) is 4.59. The van der Waals surface area contributed by atoms with E-state index in [1.807, 2.05) is 0 Å². The molecule has 2 heterocycles. The van der Waals surface area contributed by atoms with Crippen LogP contribution in [-0.2, 0) is 23.0 Å². The van der Waals surface area contributed by atoms with Crippen molar-refractivity contribution in [2.24, 2.45) is 0 Å². The second-order valence-corrected chi connectivity index (χ2v) is 8.28. The Bertz CT molecular complexity index is 977. The Morgan fingerprint density at radius 1 is 1.27 bits per heavy atom. The van der Waals surface area contributed by atoms with E-state index in [0.717, 1.165) is 16.1 Å². The minimum Gasteiger partial charge on any atom is -0.478 e. The van der Waals surface area contributed by atoms with Crippen LogP contribution in [0.15, 0.2) is 39.8 Å². The van der Waals surface area contributed by atoms with Crippen molar-refractivity contribution in [1.82, 2.24) is 9.21 Å². The molecule has 0 fully saturated rings. The zero-order chi connectivity index (χ0) is 19.1. The number of amides is 1. The Morgan fingerprint density at radius 3 is 2.62 bits per heavy atom. The van der Waals surface area contributed by atoms with Crippen LogP contribution >= 0.6 is 0 Å². The average Bonchev–Trinajstić information content (AvgIpc) is 3.10. The highest BCUT2D eigenvalue weighted by Crippen LogP contribution is 2.28. The fourth-order valence-electron chi connectivity index (χ4n) is 2.90. The summed E-state index contributed by atoms with van der Waals surface area (Å²) in [7, 11) is -0.615. The van der Waals surface area contributed by atoms with Crippen molar-refractivity contribution in [3.8, 4) is 0 Å². The smallest absolute Gasteiger partial charge is 0.338 e. The molecule has 1 N–H and O–H groups in total. The van der Waals surface area contributed by atoms with Crippen LogP contribution in [0.2, 0.25) is 0 Å². The number of benzene rings is 1. The molecule has 0 saturated heterocycles. The second kappa shape index (κ2) is 6.58. The maximum absolute atomic E-state index is 12.5. The van der Waals surface area contributed by atoms with Crippen molar-refractivity contribution in [3.63, 3.8) is 0 Å². The summed E-state index contributed by atoms with van der Waals surface area (Å²) < 4.78 is 31.2. The molecule has 0 aliphatic carbocycles. The average molecular weight is 378 g/mol. The lowest BCUT2D eigenvalue weighted by Crippen LogP contribution is -2.37. The first-order valence-electron chi connectivity index (χ1n) is 7.86. The molecule has 1 aliphatic heterocycles. The van der Waals surface area contributed by atoms with Gasteiger partial charge in [-0.05, 0) is 23.6 Å². The van der Waals surface area contributed by atoms with Crippen molar-refractivity contribution in [2.75, 3.05) is 20.6 Å². The molecular formula is C17H18N2O6S. The number of sulfonamides is 1. The Hall–Kier alpha value is -2.65. The molecule has 0 unspecified atom stereocenters. The largest absolute Gasteiger partial charge is 0.478 e. The van der Waals surface area contributed by atoms with Gasteiger partial charge in [-0.3, -0.25) is 4.79 Å². The van der Waals surface area contributed by atoms with Crippen molar-refractivity contribution in [2.45, 2.75) is 17.9 Å². The van der Waals surface area contributed by atoms with E-state index < -0.39 is 21.9 Å². The van der Waals surface area contributed by atoms with E-state index in [-0.39, 0.29) is 22.8 Å². The Balaban J connectivity index is 1.88. The lowest BCUT2D eigenvalue weighted by Gasteiger charge is -2.29. The molecule has 0 spiro atoms. The normalized spacial score (nSPS) is 14.3. The first-order chi connectivity index (χ1) is 12.2. The van der Waals surface area contributed by atoms with E-state index in [1.165, 1.54) is 25.1 Å². The summed E-state index contributed by atoms with van der Waals surface area (Å²) in [4.78, 5) is 25.2. The van der Waals surface area contributed by atoms with Crippen molar-refractivity contribution >= 4 is 21.9 Å². The zero-order valence-corrected chi connectivity index (χ0v) is 15.1. The first kappa shape index (κ1) is 18.2. The SMILES string of the molecule is CN(C)S(=O)(=O)c1cccc2c1CCN(C(=O)c1cc(C(=O)O)co1)C2. The zero-order valence-electron chi connectivity index (χ0n) is 14.3. The molecule has 0 atom stereocenters. The van der Waals surface area contributed by atoms with Gasteiger partial charge in [0.15, 0.2) is 5.76 Å². The highest BCUT2D eigenvalue weighted by molar-refractivity contribution is 7.89. The highest BCUT2D eigenvalue weighted by Gasteiger charge is 2.29. The number of aromatic carboxylic acids is 1. The molecule has 26 heavy (non-hydrogen) atoms. The number of carbonyl (C=O) groups is 2. The summed E-state index contributed by atoms with van der Waals surface area (Å²) >= 11 is 0. The number of rotatable bonds is 4. The van der Waals surface area contributed by atoms with Crippen molar-refractivity contribution in [3.05, 3.63) is 53.0 Å². The van der Waals surface area contributed by atoms with Crippen LogP contribution in [0.3, 0.4) is 0 Å². The van der Waals surface area contributed by atoms with Gasteiger partial charge in [0.05, 0.1) is 10.5 Å². The van der Waals surface area contributed by atoms with Gasteiger partial charge < -0.3 is 14.4 Å². The van der Waals surface area contributed by atoms with Gasteiger partial charge in [-0.25, -0.2) is 17.5 Å². The third-order valence-electron chi connectivity index (χ3n) is 4.33. The van der Waals surface area contributed by atoms with Crippen LogP contribution in [0.5, 0.6) is 0 Å². The van der Waals surface area contributed by atoms with E-state index in [1.54, 1.807) is 18.2 Å². The third-order valence-corrected chi connectivity index (χ3v) is 6.23. The van der Waals surface area contributed by atoms with Crippen LogP contribution in [-0.4, -0.2) is 55.2 Å².